The third kappa shape index (κ3) is 6.61. The molecule has 9 aromatic rings. The third-order valence-corrected chi connectivity index (χ3v) is 16.8. The van der Waals surface area contributed by atoms with E-state index in [9.17, 15) is 0 Å². The van der Waals surface area contributed by atoms with Gasteiger partial charge in [0.1, 0.15) is 0 Å². The standard InChI is InChI=1S/C67H72BN3/c1-62(2,3)39-22-27-44(28-23-39)69-54-31-26-41(64(7,8)9)32-47(54)48-37-56-49(38-55(48)69)50-33-42(65(10,11)12)35-53-60(50)70(56)57-36-43(66(13,14)15)34-51-58-61(46-20-18-19-21-52(46)67(58,16)17)71(68(53)59(51)57)45-29-24-40(25-30-45)63(4,5)6/h18-38H,1-17H3. The highest BCUT2D eigenvalue weighted by atomic mass is 15.1. The van der Waals surface area contributed by atoms with E-state index in [-0.39, 0.29) is 39.3 Å². The van der Waals surface area contributed by atoms with Crippen molar-refractivity contribution in [3.63, 3.8) is 0 Å². The quantitative estimate of drug-likeness (QED) is 0.157. The molecule has 2 aliphatic heterocycles. The number of nitrogens with zero attached hydrogens (tertiary/aromatic N) is 3. The molecule has 1 aliphatic carbocycles. The van der Waals surface area contributed by atoms with Gasteiger partial charge in [-0.1, -0.05) is 184 Å². The zero-order valence-corrected chi connectivity index (χ0v) is 45.5. The normalized spacial score (nSPS) is 15.7. The van der Waals surface area contributed by atoms with Gasteiger partial charge in [0, 0.05) is 55.3 Å². The number of anilines is 1. The lowest BCUT2D eigenvalue weighted by Gasteiger charge is -2.44. The molecular formula is C67H72BN3. The first kappa shape index (κ1) is 45.9. The summed E-state index contributed by atoms with van der Waals surface area (Å²) in [5.41, 5.74) is 24.9. The van der Waals surface area contributed by atoms with Crippen molar-refractivity contribution in [3.8, 4) is 11.4 Å². The van der Waals surface area contributed by atoms with Crippen LogP contribution in [0.1, 0.15) is 162 Å². The van der Waals surface area contributed by atoms with Crippen molar-refractivity contribution in [2.75, 3.05) is 4.81 Å². The molecule has 0 N–H and O–H groups in total. The molecule has 2 aromatic heterocycles. The van der Waals surface area contributed by atoms with Gasteiger partial charge in [-0.05, 0) is 143 Å². The molecule has 0 amide bonds. The Bertz CT molecular complexity index is 3770. The molecule has 358 valence electrons. The number of aromatic nitrogens is 2. The maximum atomic E-state index is 2.77. The number of fused-ring (bicyclic) bond motifs is 11. The first-order chi connectivity index (χ1) is 33.1. The van der Waals surface area contributed by atoms with Crippen molar-refractivity contribution in [1.29, 1.82) is 0 Å². The van der Waals surface area contributed by atoms with Gasteiger partial charge in [-0.25, -0.2) is 0 Å². The average Bonchev–Trinajstić information content (AvgIpc) is 3.88. The molecule has 0 saturated carbocycles. The fourth-order valence-electron chi connectivity index (χ4n) is 12.7. The van der Waals surface area contributed by atoms with Crippen LogP contribution < -0.4 is 15.7 Å². The summed E-state index contributed by atoms with van der Waals surface area (Å²) in [6.07, 6.45) is 0. The molecule has 3 aliphatic rings. The van der Waals surface area contributed by atoms with Crippen molar-refractivity contribution in [1.82, 2.24) is 9.13 Å². The second-order valence-electron chi connectivity index (χ2n) is 27.2. The molecule has 12 rings (SSSR count). The summed E-state index contributed by atoms with van der Waals surface area (Å²) in [6.45, 7) is 40.1. The maximum Gasteiger partial charge on any atom is 0.333 e. The summed E-state index contributed by atoms with van der Waals surface area (Å²) in [4.78, 5) is 2.77. The zero-order valence-electron chi connectivity index (χ0n) is 45.5. The zero-order chi connectivity index (χ0) is 50.4. The van der Waals surface area contributed by atoms with Gasteiger partial charge in [-0.3, -0.25) is 0 Å². The molecule has 71 heavy (non-hydrogen) atoms. The van der Waals surface area contributed by atoms with Gasteiger partial charge in [0.25, 0.3) is 0 Å². The Morgan fingerprint density at radius 1 is 0.408 bits per heavy atom. The summed E-state index contributed by atoms with van der Waals surface area (Å²) in [7, 11) is 0. The van der Waals surface area contributed by atoms with Crippen LogP contribution in [-0.2, 0) is 32.5 Å². The van der Waals surface area contributed by atoms with Gasteiger partial charge in [0.05, 0.1) is 22.1 Å². The van der Waals surface area contributed by atoms with Gasteiger partial charge in [0.15, 0.2) is 0 Å². The molecule has 0 fully saturated rings. The summed E-state index contributed by atoms with van der Waals surface area (Å²) in [6, 6.07) is 50.9. The Morgan fingerprint density at radius 3 is 1.49 bits per heavy atom. The molecule has 4 heteroatoms. The van der Waals surface area contributed by atoms with Crippen molar-refractivity contribution >= 4 is 78.3 Å². The van der Waals surface area contributed by atoms with E-state index in [2.05, 4.69) is 259 Å². The highest BCUT2D eigenvalue weighted by molar-refractivity contribution is 6.94. The lowest BCUT2D eigenvalue weighted by molar-refractivity contribution is 0.589. The first-order valence-corrected chi connectivity index (χ1v) is 26.3. The molecule has 7 aromatic carbocycles. The lowest BCUT2D eigenvalue weighted by atomic mass is 9.43. The topological polar surface area (TPSA) is 13.1 Å². The summed E-state index contributed by atoms with van der Waals surface area (Å²) in [5, 5.41) is 5.21. The van der Waals surface area contributed by atoms with Gasteiger partial charge in [-0.2, -0.15) is 0 Å². The predicted molar refractivity (Wildman–Crippen MR) is 309 cm³/mol. The van der Waals surface area contributed by atoms with E-state index >= 15 is 0 Å². The fourth-order valence-corrected chi connectivity index (χ4v) is 12.7. The number of rotatable bonds is 2. The van der Waals surface area contributed by atoms with Crippen LogP contribution in [0.4, 0.5) is 5.69 Å². The highest BCUT2D eigenvalue weighted by Gasteiger charge is 2.52. The van der Waals surface area contributed by atoms with E-state index in [4.69, 9.17) is 0 Å². The molecular weight excluding hydrogens is 858 g/mol. The minimum absolute atomic E-state index is 0.00329. The van der Waals surface area contributed by atoms with Crippen molar-refractivity contribution in [3.05, 3.63) is 172 Å². The Kier molecular flexibility index (Phi) is 9.34. The monoisotopic (exact) mass is 930 g/mol. The third-order valence-electron chi connectivity index (χ3n) is 16.8. The number of allylic oxidation sites excluding steroid dienone is 1. The second-order valence-corrected chi connectivity index (χ2v) is 27.2. The van der Waals surface area contributed by atoms with E-state index in [0.29, 0.717) is 0 Å². The number of hydrogen-bond donors (Lipinski definition) is 0. The SMILES string of the molecule is CC(C)(C)c1ccc(N2B3c4c(cc(C(C)(C)C)cc4-n4c5cc6c7cc(C(C)(C)C)ccc7n(-c7ccc(C(C)(C)C)cc7)c6cc5c5cc(C(C)(C)C)cc3c54)C3=C2c2ccccc2C3(C)C)cc1. The Labute approximate surface area is 423 Å². The fraction of sp³-hybridized carbons (Fsp3) is 0.343. The Balaban J connectivity index is 1.26. The minimum atomic E-state index is -0.240. The molecule has 0 unspecified atom stereocenters. The van der Waals surface area contributed by atoms with E-state index in [1.807, 2.05) is 0 Å². The van der Waals surface area contributed by atoms with Crippen molar-refractivity contribution in [2.45, 2.75) is 150 Å². The van der Waals surface area contributed by atoms with Crippen LogP contribution >= 0.6 is 0 Å². The highest BCUT2D eigenvalue weighted by Crippen LogP contribution is 2.56. The van der Waals surface area contributed by atoms with Crippen LogP contribution in [0.2, 0.25) is 0 Å². The second kappa shape index (κ2) is 14.5. The van der Waals surface area contributed by atoms with Gasteiger partial charge >= 0.3 is 6.85 Å². The first-order valence-electron chi connectivity index (χ1n) is 26.3. The largest absolute Gasteiger partial charge is 0.376 e. The van der Waals surface area contributed by atoms with E-state index in [0.717, 1.165) is 0 Å². The summed E-state index contributed by atoms with van der Waals surface area (Å²) < 4.78 is 5.25. The van der Waals surface area contributed by atoms with Crippen LogP contribution in [0, 0.1) is 0 Å². The van der Waals surface area contributed by atoms with Crippen LogP contribution in [0.3, 0.4) is 0 Å². The summed E-state index contributed by atoms with van der Waals surface area (Å²) in [5.74, 6) is 0. The van der Waals surface area contributed by atoms with E-state index < -0.39 is 0 Å². The van der Waals surface area contributed by atoms with Crippen LogP contribution in [0.25, 0.3) is 66.3 Å². The van der Waals surface area contributed by atoms with Crippen molar-refractivity contribution < 1.29 is 0 Å². The molecule has 0 bridgehead atoms. The van der Waals surface area contributed by atoms with Crippen LogP contribution in [0.15, 0.2) is 127 Å². The molecule has 0 atom stereocenters. The van der Waals surface area contributed by atoms with Crippen LogP contribution in [-0.4, -0.2) is 16.0 Å². The van der Waals surface area contributed by atoms with Gasteiger partial charge in [-0.15, -0.1) is 0 Å². The molecule has 0 spiro atoms. The molecule has 0 saturated heterocycles. The smallest absolute Gasteiger partial charge is 0.333 e. The van der Waals surface area contributed by atoms with Gasteiger partial charge < -0.3 is 13.9 Å². The van der Waals surface area contributed by atoms with E-state index in [1.54, 1.807) is 0 Å². The minimum Gasteiger partial charge on any atom is -0.376 e. The number of benzene rings is 7. The lowest BCUT2D eigenvalue weighted by Crippen LogP contribution is -2.62. The average molecular weight is 930 g/mol. The predicted octanol–water partition coefficient (Wildman–Crippen LogP) is 16.5. The maximum absolute atomic E-state index is 2.77. The molecule has 3 nitrogen and oxygen atoms in total. The Morgan fingerprint density at radius 2 is 0.901 bits per heavy atom. The molecule has 4 heterocycles. The van der Waals surface area contributed by atoms with Crippen LogP contribution in [0.5, 0.6) is 0 Å². The number of hydrogen-bond acceptors (Lipinski definition) is 1. The summed E-state index contributed by atoms with van der Waals surface area (Å²) >= 11 is 0. The Hall–Kier alpha value is -6.26. The van der Waals surface area contributed by atoms with Crippen molar-refractivity contribution in [2.24, 2.45) is 0 Å². The van der Waals surface area contributed by atoms with Gasteiger partial charge in [0.2, 0.25) is 0 Å². The van der Waals surface area contributed by atoms with E-state index in [1.165, 1.54) is 127 Å². The molecule has 0 radical (unpaired) electrons.